The molecule has 3 rings (SSSR count). The van der Waals surface area contributed by atoms with E-state index in [1.165, 1.54) is 7.11 Å². The topological polar surface area (TPSA) is 62.7 Å². The summed E-state index contributed by atoms with van der Waals surface area (Å²) in [5, 5.41) is 0.996. The van der Waals surface area contributed by atoms with E-state index in [0.717, 1.165) is 21.6 Å². The van der Waals surface area contributed by atoms with Crippen LogP contribution in [-0.4, -0.2) is 60.1 Å². The van der Waals surface area contributed by atoms with E-state index < -0.39 is 0 Å². The van der Waals surface area contributed by atoms with E-state index in [0.29, 0.717) is 39.0 Å². The highest BCUT2D eigenvalue weighted by Gasteiger charge is 2.22. The lowest BCUT2D eigenvalue weighted by atomic mass is 10.2. The second-order valence-electron chi connectivity index (χ2n) is 5.77. The smallest absolute Gasteiger partial charge is 0.409 e. The normalized spacial score (nSPS) is 15.4. The number of rotatable bonds is 3. The average Bonchev–Trinajstić information content (AvgIpc) is 2.86. The van der Waals surface area contributed by atoms with Crippen LogP contribution in [-0.2, 0) is 16.0 Å². The largest absolute Gasteiger partial charge is 0.453 e. The van der Waals surface area contributed by atoms with Gasteiger partial charge in [0.1, 0.15) is 0 Å². The lowest BCUT2D eigenvalue weighted by Crippen LogP contribution is -2.37. The van der Waals surface area contributed by atoms with Gasteiger partial charge in [-0.05, 0) is 18.6 Å². The lowest BCUT2D eigenvalue weighted by Gasteiger charge is -2.21. The number of amides is 2. The molecule has 6 nitrogen and oxygen atoms in total. The van der Waals surface area contributed by atoms with Gasteiger partial charge in [0, 0.05) is 39.0 Å². The Kier molecular flexibility index (Phi) is 5.30. The van der Waals surface area contributed by atoms with Crippen molar-refractivity contribution >= 4 is 33.6 Å². The number of nitrogens with zero attached hydrogens (tertiary/aromatic N) is 3. The Hall–Kier alpha value is -2.15. The van der Waals surface area contributed by atoms with Crippen LogP contribution in [0.15, 0.2) is 24.3 Å². The third kappa shape index (κ3) is 3.84. The van der Waals surface area contributed by atoms with E-state index in [1.54, 1.807) is 16.2 Å². The highest BCUT2D eigenvalue weighted by molar-refractivity contribution is 7.18. The van der Waals surface area contributed by atoms with Crippen molar-refractivity contribution in [1.82, 2.24) is 14.8 Å². The molecule has 0 atom stereocenters. The Labute approximate surface area is 145 Å². The molecule has 1 fully saturated rings. The van der Waals surface area contributed by atoms with E-state index in [-0.39, 0.29) is 12.0 Å². The second kappa shape index (κ2) is 7.61. The summed E-state index contributed by atoms with van der Waals surface area (Å²) in [6.07, 6.45) is 1.58. The number of aromatic nitrogens is 1. The number of para-hydroxylation sites is 1. The summed E-state index contributed by atoms with van der Waals surface area (Å²) in [7, 11) is 1.38. The number of hydrogen-bond donors (Lipinski definition) is 0. The standard InChI is InChI=1S/C17H21N3O3S/c1-23-17(22)20-10-4-9-19(11-12-20)16(21)8-7-15-18-13-5-2-3-6-14(13)24-15/h2-3,5-6H,4,7-12H2,1H3. The number of hydrogen-bond acceptors (Lipinski definition) is 5. The van der Waals surface area contributed by atoms with Gasteiger partial charge in [0.05, 0.1) is 22.3 Å². The number of aryl methyl sites for hydroxylation is 1. The van der Waals surface area contributed by atoms with Crippen molar-refractivity contribution in [3.8, 4) is 0 Å². The molecule has 2 amide bonds. The fraction of sp³-hybridized carbons (Fsp3) is 0.471. The fourth-order valence-electron chi connectivity index (χ4n) is 2.88. The molecule has 0 saturated carbocycles. The molecule has 2 heterocycles. The minimum Gasteiger partial charge on any atom is -0.453 e. The predicted molar refractivity (Wildman–Crippen MR) is 93.1 cm³/mol. The Bertz CT molecular complexity index is 698. The molecule has 0 N–H and O–H groups in total. The van der Waals surface area contributed by atoms with Gasteiger partial charge in [-0.3, -0.25) is 4.79 Å². The van der Waals surface area contributed by atoms with Gasteiger partial charge >= 0.3 is 6.09 Å². The first-order chi connectivity index (χ1) is 11.7. The van der Waals surface area contributed by atoms with Crippen LogP contribution < -0.4 is 0 Å². The molecule has 1 saturated heterocycles. The van der Waals surface area contributed by atoms with Crippen molar-refractivity contribution in [2.75, 3.05) is 33.3 Å². The zero-order chi connectivity index (χ0) is 16.9. The number of benzene rings is 1. The van der Waals surface area contributed by atoms with Crippen LogP contribution in [0.25, 0.3) is 10.2 Å². The van der Waals surface area contributed by atoms with Gasteiger partial charge in [-0.1, -0.05) is 12.1 Å². The summed E-state index contributed by atoms with van der Waals surface area (Å²) in [6.45, 7) is 2.41. The first-order valence-electron chi connectivity index (χ1n) is 8.12. The molecule has 1 aromatic carbocycles. The van der Waals surface area contributed by atoms with Crippen molar-refractivity contribution in [2.45, 2.75) is 19.3 Å². The minimum atomic E-state index is -0.321. The van der Waals surface area contributed by atoms with E-state index in [1.807, 2.05) is 23.1 Å². The molecular formula is C17H21N3O3S. The zero-order valence-electron chi connectivity index (χ0n) is 13.7. The Morgan fingerprint density at radius 2 is 1.92 bits per heavy atom. The highest BCUT2D eigenvalue weighted by atomic mass is 32.1. The predicted octanol–water partition coefficient (Wildman–Crippen LogP) is 2.53. The third-order valence-corrected chi connectivity index (χ3v) is 5.27. The maximum Gasteiger partial charge on any atom is 0.409 e. The van der Waals surface area contributed by atoms with Crippen LogP contribution >= 0.6 is 11.3 Å². The van der Waals surface area contributed by atoms with Crippen LogP contribution in [0.3, 0.4) is 0 Å². The Balaban J connectivity index is 1.54. The Morgan fingerprint density at radius 1 is 1.17 bits per heavy atom. The number of carbonyl (C=O) groups excluding carboxylic acids is 2. The first-order valence-corrected chi connectivity index (χ1v) is 8.94. The number of methoxy groups -OCH3 is 1. The quantitative estimate of drug-likeness (QED) is 0.856. The van der Waals surface area contributed by atoms with Crippen LogP contribution in [0, 0.1) is 0 Å². The third-order valence-electron chi connectivity index (χ3n) is 4.17. The SMILES string of the molecule is COC(=O)N1CCCN(C(=O)CCc2nc3ccccc3s2)CC1. The molecule has 1 aliphatic heterocycles. The van der Waals surface area contributed by atoms with E-state index in [9.17, 15) is 9.59 Å². The van der Waals surface area contributed by atoms with Gasteiger partial charge in [-0.2, -0.15) is 0 Å². The number of carbonyl (C=O) groups is 2. The summed E-state index contributed by atoms with van der Waals surface area (Å²) in [6, 6.07) is 8.02. The Morgan fingerprint density at radius 3 is 2.71 bits per heavy atom. The monoisotopic (exact) mass is 347 g/mol. The van der Waals surface area contributed by atoms with Crippen molar-refractivity contribution in [1.29, 1.82) is 0 Å². The van der Waals surface area contributed by atoms with E-state index in [2.05, 4.69) is 11.1 Å². The van der Waals surface area contributed by atoms with Gasteiger partial charge in [-0.15, -0.1) is 11.3 Å². The maximum absolute atomic E-state index is 12.5. The van der Waals surface area contributed by atoms with Crippen LogP contribution in [0.1, 0.15) is 17.8 Å². The van der Waals surface area contributed by atoms with Gasteiger partial charge in [-0.25, -0.2) is 9.78 Å². The van der Waals surface area contributed by atoms with E-state index >= 15 is 0 Å². The molecule has 2 aromatic rings. The molecule has 0 radical (unpaired) electrons. The molecule has 24 heavy (non-hydrogen) atoms. The van der Waals surface area contributed by atoms with Gasteiger partial charge in [0.2, 0.25) is 5.91 Å². The second-order valence-corrected chi connectivity index (χ2v) is 6.88. The van der Waals surface area contributed by atoms with Gasteiger partial charge in [0.25, 0.3) is 0 Å². The first kappa shape index (κ1) is 16.7. The summed E-state index contributed by atoms with van der Waals surface area (Å²) in [5.74, 6) is 0.126. The fourth-order valence-corrected chi connectivity index (χ4v) is 3.84. The van der Waals surface area contributed by atoms with Crippen molar-refractivity contribution in [3.05, 3.63) is 29.3 Å². The molecule has 0 bridgehead atoms. The van der Waals surface area contributed by atoms with Crippen LogP contribution in [0.2, 0.25) is 0 Å². The van der Waals surface area contributed by atoms with Crippen molar-refractivity contribution < 1.29 is 14.3 Å². The summed E-state index contributed by atoms with van der Waals surface area (Å²) in [5.41, 5.74) is 0.994. The average molecular weight is 347 g/mol. The summed E-state index contributed by atoms with van der Waals surface area (Å²) >= 11 is 1.65. The van der Waals surface area contributed by atoms with Gasteiger partial charge < -0.3 is 14.5 Å². The lowest BCUT2D eigenvalue weighted by molar-refractivity contribution is -0.131. The number of ether oxygens (including phenoxy) is 1. The summed E-state index contributed by atoms with van der Waals surface area (Å²) in [4.78, 5) is 32.1. The van der Waals surface area contributed by atoms with Gasteiger partial charge in [0.15, 0.2) is 0 Å². The molecule has 1 aliphatic rings. The molecule has 1 aromatic heterocycles. The molecule has 0 unspecified atom stereocenters. The maximum atomic E-state index is 12.5. The van der Waals surface area contributed by atoms with Crippen LogP contribution in [0.4, 0.5) is 4.79 Å². The molecule has 0 aliphatic carbocycles. The number of fused-ring (bicyclic) bond motifs is 1. The minimum absolute atomic E-state index is 0.126. The van der Waals surface area contributed by atoms with Crippen LogP contribution in [0.5, 0.6) is 0 Å². The molecule has 7 heteroatoms. The highest BCUT2D eigenvalue weighted by Crippen LogP contribution is 2.22. The molecular weight excluding hydrogens is 326 g/mol. The zero-order valence-corrected chi connectivity index (χ0v) is 14.6. The number of thiazole rings is 1. The summed E-state index contributed by atoms with van der Waals surface area (Å²) < 4.78 is 5.91. The molecule has 0 spiro atoms. The van der Waals surface area contributed by atoms with Crippen molar-refractivity contribution in [2.24, 2.45) is 0 Å². The molecule has 128 valence electrons. The van der Waals surface area contributed by atoms with E-state index in [4.69, 9.17) is 4.74 Å². The van der Waals surface area contributed by atoms with Crippen molar-refractivity contribution in [3.63, 3.8) is 0 Å².